The number of β-lactam (4-membered cyclic amide) rings is 1. The Bertz CT molecular complexity index is 961. The number of piperazine rings is 1. The van der Waals surface area contributed by atoms with Crippen LogP contribution < -0.4 is 5.32 Å². The lowest BCUT2D eigenvalue weighted by Crippen LogP contribution is -2.68. The Morgan fingerprint density at radius 1 is 1.13 bits per heavy atom. The van der Waals surface area contributed by atoms with E-state index in [4.69, 9.17) is 4.55 Å². The molecule has 3 amide bonds. The van der Waals surface area contributed by atoms with Gasteiger partial charge in [-0.05, 0) is 30.7 Å². The molecule has 1 aromatic rings. The van der Waals surface area contributed by atoms with E-state index in [1.165, 1.54) is 16.7 Å². The van der Waals surface area contributed by atoms with Crippen LogP contribution in [0.1, 0.15) is 16.8 Å². The van der Waals surface area contributed by atoms with Crippen LogP contribution in [0.4, 0.5) is 0 Å². The molecule has 0 aromatic heterocycles. The van der Waals surface area contributed by atoms with E-state index in [-0.39, 0.29) is 24.1 Å². The molecule has 1 aromatic carbocycles. The molecule has 3 saturated heterocycles. The summed E-state index contributed by atoms with van der Waals surface area (Å²) in [6.45, 7) is 3.19. The molecule has 3 heterocycles. The molecule has 3 aliphatic heterocycles. The van der Waals surface area contributed by atoms with Gasteiger partial charge < -0.3 is 15.1 Å². The fraction of sp³-hybridized carbons (Fsp3) is 0.500. The molecule has 2 atom stereocenters. The number of carbonyl (C=O) groups is 3. The molecule has 0 saturated carbocycles. The van der Waals surface area contributed by atoms with Crippen molar-refractivity contribution in [2.24, 2.45) is 0 Å². The molecule has 0 unspecified atom stereocenters. The van der Waals surface area contributed by atoms with Crippen molar-refractivity contribution in [1.82, 2.24) is 19.4 Å². The zero-order chi connectivity index (χ0) is 21.5. The SMILES string of the molecule is O=C(c1ccc(SCC(=O)N2CC[C@@H]3[C@H]2C(=O)N3S(=O)(=O)O)cc1)N1CCNCC1. The molecule has 30 heavy (non-hydrogen) atoms. The highest BCUT2D eigenvalue weighted by molar-refractivity contribution is 8.00. The summed E-state index contributed by atoms with van der Waals surface area (Å²) in [7, 11) is -4.59. The number of fused-ring (bicyclic) bond motifs is 1. The minimum atomic E-state index is -4.59. The van der Waals surface area contributed by atoms with Gasteiger partial charge in [0.05, 0.1) is 11.8 Å². The van der Waals surface area contributed by atoms with Crippen LogP contribution in [0.25, 0.3) is 0 Å². The standard InChI is InChI=1S/C18H22N4O6S2/c23-15(21-8-5-14-16(21)18(25)22(14)30(26,27)28)11-29-13-3-1-12(2-4-13)17(24)20-9-6-19-7-10-20/h1-4,14,16,19H,5-11H2,(H,26,27,28)/t14-,16+/m1/s1. The van der Waals surface area contributed by atoms with Crippen LogP contribution >= 0.6 is 11.8 Å². The van der Waals surface area contributed by atoms with Gasteiger partial charge in [0, 0.05) is 43.2 Å². The average molecular weight is 455 g/mol. The molecule has 0 bridgehead atoms. The summed E-state index contributed by atoms with van der Waals surface area (Å²) in [6, 6.07) is 5.55. The van der Waals surface area contributed by atoms with Crippen molar-refractivity contribution in [2.45, 2.75) is 23.4 Å². The molecule has 3 aliphatic rings. The molecule has 0 radical (unpaired) electrons. The third-order valence-electron chi connectivity index (χ3n) is 5.57. The molecular weight excluding hydrogens is 432 g/mol. The van der Waals surface area contributed by atoms with Crippen molar-refractivity contribution in [3.8, 4) is 0 Å². The molecular formula is C18H22N4O6S2. The van der Waals surface area contributed by atoms with Gasteiger partial charge in [0.25, 0.3) is 11.8 Å². The number of nitrogens with zero attached hydrogens (tertiary/aromatic N) is 3. The third kappa shape index (κ3) is 3.92. The van der Waals surface area contributed by atoms with E-state index in [0.717, 1.165) is 18.0 Å². The smallest absolute Gasteiger partial charge is 0.336 e. The predicted octanol–water partition coefficient (Wildman–Crippen LogP) is -0.561. The summed E-state index contributed by atoms with van der Waals surface area (Å²) < 4.78 is 32.1. The fourth-order valence-electron chi connectivity index (χ4n) is 4.07. The summed E-state index contributed by atoms with van der Waals surface area (Å²) in [5.74, 6) is -0.960. The van der Waals surface area contributed by atoms with Crippen molar-refractivity contribution >= 4 is 39.8 Å². The number of rotatable bonds is 5. The lowest BCUT2D eigenvalue weighted by Gasteiger charge is -2.42. The first-order valence-electron chi connectivity index (χ1n) is 9.60. The van der Waals surface area contributed by atoms with Gasteiger partial charge in [-0.3, -0.25) is 18.9 Å². The van der Waals surface area contributed by atoms with Crippen molar-refractivity contribution in [1.29, 1.82) is 0 Å². The molecule has 0 spiro atoms. The summed E-state index contributed by atoms with van der Waals surface area (Å²) in [5, 5.41) is 3.20. The van der Waals surface area contributed by atoms with E-state index in [1.807, 2.05) is 0 Å². The first kappa shape index (κ1) is 21.1. The Morgan fingerprint density at radius 2 is 1.80 bits per heavy atom. The second kappa shape index (κ2) is 8.17. The van der Waals surface area contributed by atoms with Gasteiger partial charge in [0.15, 0.2) is 0 Å². The number of amides is 3. The average Bonchev–Trinajstić information content (AvgIpc) is 3.10. The topological polar surface area (TPSA) is 127 Å². The molecule has 10 nitrogen and oxygen atoms in total. The second-order valence-electron chi connectivity index (χ2n) is 7.36. The van der Waals surface area contributed by atoms with Crippen molar-refractivity contribution in [3.05, 3.63) is 29.8 Å². The van der Waals surface area contributed by atoms with Gasteiger partial charge in [0.1, 0.15) is 6.04 Å². The normalized spacial score (nSPS) is 23.9. The number of likely N-dealkylation sites (tertiary alicyclic amines) is 1. The molecule has 3 fully saturated rings. The van der Waals surface area contributed by atoms with E-state index in [2.05, 4.69) is 5.32 Å². The Balaban J connectivity index is 1.31. The van der Waals surface area contributed by atoms with Gasteiger partial charge in [-0.15, -0.1) is 11.8 Å². The minimum Gasteiger partial charge on any atom is -0.336 e. The van der Waals surface area contributed by atoms with Crippen LogP contribution in [0.2, 0.25) is 0 Å². The number of benzene rings is 1. The fourth-order valence-corrected chi connectivity index (χ4v) is 5.75. The number of nitrogens with one attached hydrogen (secondary N) is 1. The Hall–Kier alpha value is -2.15. The van der Waals surface area contributed by atoms with Crippen LogP contribution in [0.3, 0.4) is 0 Å². The summed E-state index contributed by atoms with van der Waals surface area (Å²) in [6.07, 6.45) is 0.315. The monoisotopic (exact) mass is 454 g/mol. The number of hydrogen-bond acceptors (Lipinski definition) is 7. The maximum Gasteiger partial charge on any atom is 0.362 e. The summed E-state index contributed by atoms with van der Waals surface area (Å²) >= 11 is 1.29. The quantitative estimate of drug-likeness (QED) is 0.344. The zero-order valence-electron chi connectivity index (χ0n) is 16.1. The zero-order valence-corrected chi connectivity index (χ0v) is 17.7. The first-order chi connectivity index (χ1) is 14.3. The first-order valence-corrected chi connectivity index (χ1v) is 12.0. The molecule has 162 valence electrons. The molecule has 0 aliphatic carbocycles. The number of hydrogen-bond donors (Lipinski definition) is 2. The van der Waals surface area contributed by atoms with Gasteiger partial charge in [0.2, 0.25) is 5.91 Å². The van der Waals surface area contributed by atoms with Crippen LogP contribution in [-0.2, 0) is 19.9 Å². The predicted molar refractivity (Wildman–Crippen MR) is 108 cm³/mol. The third-order valence-corrected chi connectivity index (χ3v) is 7.52. The van der Waals surface area contributed by atoms with Crippen LogP contribution in [0.15, 0.2) is 29.2 Å². The Kier molecular flexibility index (Phi) is 5.75. The lowest BCUT2D eigenvalue weighted by molar-refractivity contribution is -0.150. The van der Waals surface area contributed by atoms with E-state index >= 15 is 0 Å². The highest BCUT2D eigenvalue weighted by atomic mass is 32.2. The van der Waals surface area contributed by atoms with E-state index in [0.29, 0.717) is 29.4 Å². The number of thioether (sulfide) groups is 1. The largest absolute Gasteiger partial charge is 0.362 e. The highest BCUT2D eigenvalue weighted by Gasteiger charge is 2.59. The maximum atomic E-state index is 12.5. The van der Waals surface area contributed by atoms with Gasteiger partial charge in [-0.2, -0.15) is 8.42 Å². The molecule has 4 rings (SSSR count). The highest BCUT2D eigenvalue weighted by Crippen LogP contribution is 2.36. The maximum absolute atomic E-state index is 12.5. The minimum absolute atomic E-state index is 0.0147. The number of carbonyl (C=O) groups excluding carboxylic acids is 3. The summed E-state index contributed by atoms with van der Waals surface area (Å²) in [4.78, 5) is 41.1. The van der Waals surface area contributed by atoms with Crippen molar-refractivity contribution < 1.29 is 27.4 Å². The molecule has 2 N–H and O–H groups in total. The second-order valence-corrected chi connectivity index (χ2v) is 9.69. The van der Waals surface area contributed by atoms with Crippen molar-refractivity contribution in [3.63, 3.8) is 0 Å². The van der Waals surface area contributed by atoms with E-state index < -0.39 is 28.3 Å². The Labute approximate surface area is 178 Å². The van der Waals surface area contributed by atoms with E-state index in [1.54, 1.807) is 29.2 Å². The lowest BCUT2D eigenvalue weighted by atomic mass is 10.0. The molecule has 12 heteroatoms. The van der Waals surface area contributed by atoms with E-state index in [9.17, 15) is 22.8 Å². The van der Waals surface area contributed by atoms with Crippen molar-refractivity contribution in [2.75, 3.05) is 38.5 Å². The van der Waals surface area contributed by atoms with Crippen LogP contribution in [0, 0.1) is 0 Å². The summed E-state index contributed by atoms with van der Waals surface area (Å²) in [5.41, 5.74) is 0.598. The van der Waals surface area contributed by atoms with Crippen LogP contribution in [0.5, 0.6) is 0 Å². The Morgan fingerprint density at radius 3 is 2.43 bits per heavy atom. The van der Waals surface area contributed by atoms with Gasteiger partial charge in [-0.25, -0.2) is 4.31 Å². The van der Waals surface area contributed by atoms with Crippen LogP contribution in [-0.4, -0.2) is 95.4 Å². The van der Waals surface area contributed by atoms with Gasteiger partial charge in [-0.1, -0.05) is 0 Å². The van der Waals surface area contributed by atoms with Gasteiger partial charge >= 0.3 is 10.3 Å².